The van der Waals surface area contributed by atoms with Gasteiger partial charge in [-0.05, 0) is 74.5 Å². The molecule has 3 nitrogen and oxygen atoms in total. The van der Waals surface area contributed by atoms with Crippen molar-refractivity contribution >= 4 is 5.97 Å². The molecule has 4 aliphatic carbocycles. The molecule has 3 fully saturated rings. The Hall–Kier alpha value is -1.27. The zero-order valence-electron chi connectivity index (χ0n) is 20.2. The molecule has 172 valence electrons. The second-order valence-electron chi connectivity index (χ2n) is 11.3. The maximum absolute atomic E-state index is 11.5. The highest BCUT2D eigenvalue weighted by Gasteiger charge is 2.64. The zero-order chi connectivity index (χ0) is 22.3. The molecule has 0 unspecified atom stereocenters. The first-order chi connectivity index (χ1) is 14.8. The highest BCUT2D eigenvalue weighted by atomic mass is 16.5. The summed E-state index contributed by atoms with van der Waals surface area (Å²) in [7, 11) is 0. The van der Waals surface area contributed by atoms with Gasteiger partial charge in [-0.15, -0.1) is 6.42 Å². The highest BCUT2D eigenvalue weighted by molar-refractivity contribution is 5.66. The van der Waals surface area contributed by atoms with Crippen LogP contribution in [-0.2, 0) is 14.3 Å². The minimum Gasteiger partial charge on any atom is -0.462 e. The lowest BCUT2D eigenvalue weighted by molar-refractivity contribution is -0.149. The standard InChI is InChI=1S/C28H42O3/c1-6-8-9-18-30-28(7-2)17-14-25-23-11-10-21-19-22(31-20(3)29)12-15-26(21,4)24(23)13-16-27(25,28)5/h2,10,22-25H,6,8-9,11-19H2,1,3-5H3/t22-,23+,24-,25-,26-,27-,28-/m0/s1. The summed E-state index contributed by atoms with van der Waals surface area (Å²) in [6.07, 6.45) is 21.2. The smallest absolute Gasteiger partial charge is 0.302 e. The van der Waals surface area contributed by atoms with Gasteiger partial charge in [-0.2, -0.15) is 0 Å². The molecule has 0 aromatic heterocycles. The molecule has 0 amide bonds. The average Bonchev–Trinajstić information content (AvgIpc) is 3.04. The molecule has 0 heterocycles. The van der Waals surface area contributed by atoms with Crippen molar-refractivity contribution in [2.24, 2.45) is 28.6 Å². The molecule has 3 saturated carbocycles. The van der Waals surface area contributed by atoms with E-state index in [0.29, 0.717) is 11.8 Å². The Kier molecular flexibility index (Phi) is 6.34. The fraction of sp³-hybridized carbons (Fsp3) is 0.821. The van der Waals surface area contributed by atoms with E-state index in [0.717, 1.165) is 51.0 Å². The average molecular weight is 427 g/mol. The summed E-state index contributed by atoms with van der Waals surface area (Å²) in [5, 5.41) is 0. The molecule has 0 aromatic rings. The van der Waals surface area contributed by atoms with Crippen LogP contribution < -0.4 is 0 Å². The van der Waals surface area contributed by atoms with E-state index in [-0.39, 0.29) is 28.5 Å². The Balaban J connectivity index is 1.53. The van der Waals surface area contributed by atoms with Gasteiger partial charge in [0.2, 0.25) is 0 Å². The van der Waals surface area contributed by atoms with Gasteiger partial charge in [-0.3, -0.25) is 4.79 Å². The van der Waals surface area contributed by atoms with Crippen LogP contribution in [-0.4, -0.2) is 24.3 Å². The molecule has 4 aliphatic rings. The first kappa shape index (κ1) is 22.9. The summed E-state index contributed by atoms with van der Waals surface area (Å²) in [6, 6.07) is 0. The zero-order valence-corrected chi connectivity index (χ0v) is 20.2. The summed E-state index contributed by atoms with van der Waals surface area (Å²) >= 11 is 0. The number of ether oxygens (including phenoxy) is 2. The summed E-state index contributed by atoms with van der Waals surface area (Å²) in [5.41, 5.74) is 1.51. The molecule has 4 rings (SSSR count). The van der Waals surface area contributed by atoms with E-state index < -0.39 is 0 Å². The molecule has 0 aromatic carbocycles. The van der Waals surface area contributed by atoms with Gasteiger partial charge in [0.15, 0.2) is 0 Å². The molecule has 0 N–H and O–H groups in total. The molecule has 0 saturated heterocycles. The van der Waals surface area contributed by atoms with Gasteiger partial charge in [0, 0.05) is 25.4 Å². The number of carbonyl (C=O) groups excluding carboxylic acids is 1. The van der Waals surface area contributed by atoms with E-state index in [1.54, 1.807) is 5.57 Å². The van der Waals surface area contributed by atoms with Crippen LogP contribution >= 0.6 is 0 Å². The minimum atomic E-state index is -0.381. The summed E-state index contributed by atoms with van der Waals surface area (Å²) in [4.78, 5) is 11.5. The topological polar surface area (TPSA) is 35.5 Å². The number of esters is 1. The van der Waals surface area contributed by atoms with Crippen LogP contribution in [0.2, 0.25) is 0 Å². The van der Waals surface area contributed by atoms with Crippen LogP contribution in [0, 0.1) is 40.9 Å². The molecule has 31 heavy (non-hydrogen) atoms. The van der Waals surface area contributed by atoms with E-state index in [9.17, 15) is 4.79 Å². The number of hydrogen-bond donors (Lipinski definition) is 0. The number of carbonyl (C=O) groups is 1. The predicted molar refractivity (Wildman–Crippen MR) is 124 cm³/mol. The van der Waals surface area contributed by atoms with Gasteiger partial charge in [-0.25, -0.2) is 0 Å². The van der Waals surface area contributed by atoms with Crippen molar-refractivity contribution in [3.05, 3.63) is 11.6 Å². The highest BCUT2D eigenvalue weighted by Crippen LogP contribution is 2.67. The third-order valence-corrected chi connectivity index (χ3v) is 9.84. The van der Waals surface area contributed by atoms with Crippen molar-refractivity contribution in [1.29, 1.82) is 0 Å². The normalized spacial score (nSPS) is 43.8. The maximum atomic E-state index is 11.5. The number of allylic oxidation sites excluding steroid dienone is 1. The van der Waals surface area contributed by atoms with Crippen LogP contribution in [0.3, 0.4) is 0 Å². The fourth-order valence-corrected chi connectivity index (χ4v) is 8.08. The molecule has 0 aliphatic heterocycles. The molecule has 3 heteroatoms. The van der Waals surface area contributed by atoms with Gasteiger partial charge < -0.3 is 9.47 Å². The second-order valence-corrected chi connectivity index (χ2v) is 11.3. The third kappa shape index (κ3) is 3.68. The number of hydrogen-bond acceptors (Lipinski definition) is 3. The van der Waals surface area contributed by atoms with E-state index >= 15 is 0 Å². The number of unbranched alkanes of at least 4 members (excludes halogenated alkanes) is 2. The monoisotopic (exact) mass is 426 g/mol. The number of rotatable bonds is 6. The lowest BCUT2D eigenvalue weighted by Crippen LogP contribution is -2.55. The Morgan fingerprint density at radius 2 is 1.94 bits per heavy atom. The number of terminal acetylenes is 1. The SMILES string of the molecule is C#C[C@]1(OCCCCC)CC[C@H]2[C@@H]3CC=C4C[C@@H](OC(C)=O)CC[C@]4(C)[C@H]3CC[C@@]21C. The minimum absolute atomic E-state index is 0.0688. The van der Waals surface area contributed by atoms with E-state index in [1.807, 2.05) is 0 Å². The fourth-order valence-electron chi connectivity index (χ4n) is 8.08. The number of fused-ring (bicyclic) bond motifs is 5. The van der Waals surface area contributed by atoms with Crippen molar-refractivity contribution < 1.29 is 14.3 Å². The Bertz CT molecular complexity index is 763. The summed E-state index contributed by atoms with van der Waals surface area (Å²) < 4.78 is 12.2. The molecule has 0 bridgehead atoms. The van der Waals surface area contributed by atoms with Gasteiger partial charge >= 0.3 is 5.97 Å². The van der Waals surface area contributed by atoms with Gasteiger partial charge in [0.25, 0.3) is 0 Å². The molecule has 0 radical (unpaired) electrons. The molecular formula is C28H42O3. The van der Waals surface area contributed by atoms with Crippen molar-refractivity contribution in [3.63, 3.8) is 0 Å². The summed E-state index contributed by atoms with van der Waals surface area (Å²) in [6.45, 7) is 9.50. The van der Waals surface area contributed by atoms with E-state index in [2.05, 4.69) is 32.8 Å². The van der Waals surface area contributed by atoms with Crippen molar-refractivity contribution in [1.82, 2.24) is 0 Å². The Morgan fingerprint density at radius 1 is 1.16 bits per heavy atom. The van der Waals surface area contributed by atoms with E-state index in [1.165, 1.54) is 39.0 Å². The first-order valence-electron chi connectivity index (χ1n) is 12.8. The third-order valence-electron chi connectivity index (χ3n) is 9.84. The predicted octanol–water partition coefficient (Wildman–Crippen LogP) is 6.46. The van der Waals surface area contributed by atoms with Gasteiger partial charge in [0.1, 0.15) is 11.7 Å². The summed E-state index contributed by atoms with van der Waals surface area (Å²) in [5.74, 6) is 5.12. The lowest BCUT2D eigenvalue weighted by Gasteiger charge is -2.59. The van der Waals surface area contributed by atoms with E-state index in [4.69, 9.17) is 15.9 Å². The van der Waals surface area contributed by atoms with Crippen molar-refractivity contribution in [3.8, 4) is 12.3 Å². The van der Waals surface area contributed by atoms with Gasteiger partial charge in [0.05, 0.1) is 0 Å². The van der Waals surface area contributed by atoms with Gasteiger partial charge in [-0.1, -0.05) is 51.2 Å². The molecule has 0 spiro atoms. The van der Waals surface area contributed by atoms with Crippen LogP contribution in [0.5, 0.6) is 0 Å². The Labute approximate surface area is 189 Å². The van der Waals surface area contributed by atoms with Crippen LogP contribution in [0.4, 0.5) is 0 Å². The second kappa shape index (κ2) is 8.58. The maximum Gasteiger partial charge on any atom is 0.302 e. The quantitative estimate of drug-likeness (QED) is 0.212. The van der Waals surface area contributed by atoms with Crippen molar-refractivity contribution in [2.75, 3.05) is 6.61 Å². The van der Waals surface area contributed by atoms with Crippen LogP contribution in [0.15, 0.2) is 11.6 Å². The Morgan fingerprint density at radius 3 is 2.65 bits per heavy atom. The first-order valence-corrected chi connectivity index (χ1v) is 12.8. The molecule has 7 atom stereocenters. The van der Waals surface area contributed by atoms with Crippen molar-refractivity contribution in [2.45, 2.75) is 110 Å². The van der Waals surface area contributed by atoms with Crippen LogP contribution in [0.25, 0.3) is 0 Å². The lowest BCUT2D eigenvalue weighted by atomic mass is 9.47. The molecular weight excluding hydrogens is 384 g/mol. The largest absolute Gasteiger partial charge is 0.462 e. The van der Waals surface area contributed by atoms with Crippen LogP contribution in [0.1, 0.15) is 98.3 Å².